The summed E-state index contributed by atoms with van der Waals surface area (Å²) < 4.78 is 38.4. The van der Waals surface area contributed by atoms with Gasteiger partial charge >= 0.3 is 6.36 Å². The average Bonchev–Trinajstić information content (AvgIpc) is 2.01. The minimum Gasteiger partial charge on any atom is -0.391 e. The summed E-state index contributed by atoms with van der Waals surface area (Å²) in [5.41, 5.74) is -0.745. The first-order valence-corrected chi connectivity index (χ1v) is 3.50. The Morgan fingerprint density at radius 3 is 2.57 bits per heavy atom. The van der Waals surface area contributed by atoms with Crippen molar-refractivity contribution in [3.8, 4) is 5.88 Å². The molecule has 0 saturated carbocycles. The number of ether oxygens (including phenoxy) is 1. The first-order chi connectivity index (χ1) is 6.42. The molecular weight excluding hydrogens is 203 g/mol. The van der Waals surface area contributed by atoms with Gasteiger partial charge in [-0.1, -0.05) is 0 Å². The van der Waals surface area contributed by atoms with Crippen molar-refractivity contribution in [3.05, 3.63) is 28.0 Å². The van der Waals surface area contributed by atoms with Crippen LogP contribution in [-0.4, -0.2) is 16.5 Å². The Morgan fingerprint density at radius 1 is 1.50 bits per heavy atom. The number of H-pyrrole nitrogens is 1. The zero-order valence-electron chi connectivity index (χ0n) is 6.76. The number of rotatable bonds is 2. The second-order valence-corrected chi connectivity index (χ2v) is 2.39. The molecule has 0 amide bonds. The van der Waals surface area contributed by atoms with Crippen LogP contribution < -0.4 is 10.2 Å². The van der Waals surface area contributed by atoms with Crippen LogP contribution in [0.5, 0.6) is 5.88 Å². The van der Waals surface area contributed by atoms with Crippen LogP contribution in [-0.2, 0) is 6.61 Å². The molecule has 2 N–H and O–H groups in total. The van der Waals surface area contributed by atoms with Crippen LogP contribution in [0, 0.1) is 0 Å². The number of hydrogen-bond acceptors (Lipinski definition) is 3. The van der Waals surface area contributed by atoms with Gasteiger partial charge in [0.05, 0.1) is 6.61 Å². The monoisotopic (exact) mass is 209 g/mol. The van der Waals surface area contributed by atoms with Gasteiger partial charge in [0.25, 0.3) is 0 Å². The van der Waals surface area contributed by atoms with Crippen molar-refractivity contribution in [2.24, 2.45) is 0 Å². The first kappa shape index (κ1) is 10.6. The summed E-state index contributed by atoms with van der Waals surface area (Å²) in [7, 11) is 0. The molecule has 14 heavy (non-hydrogen) atoms. The van der Waals surface area contributed by atoms with E-state index in [-0.39, 0.29) is 5.56 Å². The van der Waals surface area contributed by atoms with E-state index >= 15 is 0 Å². The summed E-state index contributed by atoms with van der Waals surface area (Å²) in [4.78, 5) is 13.0. The number of hydrogen-bond donors (Lipinski definition) is 2. The second-order valence-electron chi connectivity index (χ2n) is 2.39. The fourth-order valence-corrected chi connectivity index (χ4v) is 0.790. The van der Waals surface area contributed by atoms with E-state index < -0.39 is 24.3 Å². The molecule has 0 aliphatic rings. The van der Waals surface area contributed by atoms with Crippen LogP contribution in [0.15, 0.2) is 17.1 Å². The number of pyridine rings is 1. The molecule has 0 radical (unpaired) electrons. The van der Waals surface area contributed by atoms with E-state index in [1.54, 1.807) is 0 Å². The molecule has 0 aliphatic carbocycles. The molecule has 1 aromatic heterocycles. The maximum atomic E-state index is 11.7. The van der Waals surface area contributed by atoms with Crippen LogP contribution in [0.3, 0.4) is 0 Å². The van der Waals surface area contributed by atoms with Crippen molar-refractivity contribution in [1.29, 1.82) is 0 Å². The van der Waals surface area contributed by atoms with Crippen molar-refractivity contribution >= 4 is 0 Å². The number of nitrogens with one attached hydrogen (secondary N) is 1. The summed E-state index contributed by atoms with van der Waals surface area (Å²) in [6.07, 6.45) is -3.88. The lowest BCUT2D eigenvalue weighted by Crippen LogP contribution is -2.20. The molecule has 0 aliphatic heterocycles. The third-order valence-electron chi connectivity index (χ3n) is 1.36. The van der Waals surface area contributed by atoms with E-state index in [2.05, 4.69) is 9.72 Å². The summed E-state index contributed by atoms with van der Waals surface area (Å²) in [6, 6.07) is 0.624. The van der Waals surface area contributed by atoms with Crippen LogP contribution in [0.2, 0.25) is 0 Å². The Kier molecular flexibility index (Phi) is 2.80. The molecular formula is C7H6F3NO3. The van der Waals surface area contributed by atoms with Gasteiger partial charge in [0, 0.05) is 17.8 Å². The smallest absolute Gasteiger partial charge is 0.391 e. The molecule has 0 saturated heterocycles. The van der Waals surface area contributed by atoms with Crippen molar-refractivity contribution in [3.63, 3.8) is 0 Å². The maximum absolute atomic E-state index is 11.7. The number of aliphatic hydroxyl groups is 1. The van der Waals surface area contributed by atoms with Gasteiger partial charge < -0.3 is 14.8 Å². The van der Waals surface area contributed by atoms with Gasteiger partial charge in [0.2, 0.25) is 5.88 Å². The molecule has 1 aromatic rings. The maximum Gasteiger partial charge on any atom is 0.574 e. The van der Waals surface area contributed by atoms with E-state index in [0.29, 0.717) is 6.07 Å². The average molecular weight is 209 g/mol. The van der Waals surface area contributed by atoms with Crippen LogP contribution >= 0.6 is 0 Å². The highest BCUT2D eigenvalue weighted by Gasteiger charge is 2.31. The van der Waals surface area contributed by atoms with Crippen LogP contribution in [0.25, 0.3) is 0 Å². The lowest BCUT2D eigenvalue weighted by molar-refractivity contribution is -0.276. The van der Waals surface area contributed by atoms with E-state index in [1.807, 2.05) is 0 Å². The van der Waals surface area contributed by atoms with Crippen LogP contribution in [0.1, 0.15) is 5.56 Å². The van der Waals surface area contributed by atoms with Gasteiger partial charge in [-0.3, -0.25) is 4.79 Å². The number of aliphatic hydroxyl groups excluding tert-OH is 1. The zero-order chi connectivity index (χ0) is 10.8. The lowest BCUT2D eigenvalue weighted by atomic mass is 10.3. The Morgan fingerprint density at radius 2 is 2.14 bits per heavy atom. The summed E-state index contributed by atoms with van der Waals surface area (Å²) in [5, 5.41) is 8.56. The van der Waals surface area contributed by atoms with Gasteiger partial charge in [0.1, 0.15) is 0 Å². The van der Waals surface area contributed by atoms with Gasteiger partial charge in [-0.25, -0.2) is 0 Å². The third kappa shape index (κ3) is 2.77. The molecule has 0 unspecified atom stereocenters. The molecule has 4 nitrogen and oxygen atoms in total. The molecule has 0 atom stereocenters. The topological polar surface area (TPSA) is 62.3 Å². The number of aromatic amines is 1. The highest BCUT2D eigenvalue weighted by atomic mass is 19.4. The zero-order valence-corrected chi connectivity index (χ0v) is 6.76. The molecule has 1 rings (SSSR count). The first-order valence-electron chi connectivity index (χ1n) is 3.50. The molecule has 0 spiro atoms. The molecule has 0 bridgehead atoms. The third-order valence-corrected chi connectivity index (χ3v) is 1.36. The quantitative estimate of drug-likeness (QED) is 0.756. The minimum absolute atomic E-state index is 0.0282. The molecule has 0 aromatic carbocycles. The number of aromatic nitrogens is 1. The molecule has 78 valence electrons. The largest absolute Gasteiger partial charge is 0.574 e. The van der Waals surface area contributed by atoms with E-state index in [9.17, 15) is 18.0 Å². The Balaban J connectivity index is 2.93. The van der Waals surface area contributed by atoms with E-state index in [4.69, 9.17) is 5.11 Å². The van der Waals surface area contributed by atoms with Crippen molar-refractivity contribution < 1.29 is 23.0 Å². The van der Waals surface area contributed by atoms with Gasteiger partial charge in [-0.05, 0) is 0 Å². The van der Waals surface area contributed by atoms with Crippen molar-refractivity contribution in [1.82, 2.24) is 4.98 Å². The normalized spacial score (nSPS) is 11.4. The SMILES string of the molecule is O=c1cc(OC(F)(F)F)[nH]cc1CO. The lowest BCUT2D eigenvalue weighted by Gasteiger charge is -2.07. The fraction of sp³-hybridized carbons (Fsp3) is 0.286. The predicted octanol–water partition coefficient (Wildman–Crippen LogP) is 0.766. The second kappa shape index (κ2) is 3.70. The molecule has 1 heterocycles. The van der Waals surface area contributed by atoms with Crippen molar-refractivity contribution in [2.75, 3.05) is 0 Å². The van der Waals surface area contributed by atoms with Crippen LogP contribution in [0.4, 0.5) is 13.2 Å². The molecule has 0 fully saturated rings. The van der Waals surface area contributed by atoms with E-state index in [1.165, 1.54) is 0 Å². The standard InChI is InChI=1S/C7H6F3NO3/c8-7(9,10)14-6-1-5(13)4(3-12)2-11-6/h1-2,12H,3H2,(H,11,13). The summed E-state index contributed by atoms with van der Waals surface area (Å²) in [6.45, 7) is -0.540. The number of alkyl halides is 3. The number of halogens is 3. The Bertz CT molecular complexity index is 371. The minimum atomic E-state index is -4.84. The predicted molar refractivity (Wildman–Crippen MR) is 39.7 cm³/mol. The van der Waals surface area contributed by atoms with Gasteiger partial charge in [-0.2, -0.15) is 0 Å². The Hall–Kier alpha value is -1.50. The van der Waals surface area contributed by atoms with Gasteiger partial charge in [0.15, 0.2) is 5.43 Å². The fourth-order valence-electron chi connectivity index (χ4n) is 0.790. The molecule has 7 heteroatoms. The highest BCUT2D eigenvalue weighted by molar-refractivity contribution is 5.17. The van der Waals surface area contributed by atoms with Crippen molar-refractivity contribution in [2.45, 2.75) is 13.0 Å². The summed E-state index contributed by atoms with van der Waals surface area (Å²) in [5.74, 6) is -0.709. The van der Waals surface area contributed by atoms with E-state index in [0.717, 1.165) is 6.20 Å². The Labute approximate surface area is 75.9 Å². The van der Waals surface area contributed by atoms with Gasteiger partial charge in [-0.15, -0.1) is 13.2 Å². The summed E-state index contributed by atoms with van der Waals surface area (Å²) >= 11 is 0. The highest BCUT2D eigenvalue weighted by Crippen LogP contribution is 2.19.